The summed E-state index contributed by atoms with van der Waals surface area (Å²) in [5.41, 5.74) is 0.710. The number of carbonyl (C=O) groups excluding carboxylic acids is 2. The van der Waals surface area contributed by atoms with E-state index in [1.807, 2.05) is 0 Å². The molecule has 38 heavy (non-hydrogen) atoms. The van der Waals surface area contributed by atoms with Crippen LogP contribution in [0.15, 0.2) is 30.0 Å². The van der Waals surface area contributed by atoms with Crippen molar-refractivity contribution in [3.8, 4) is 11.5 Å². The number of rotatable bonds is 10. The lowest BCUT2D eigenvalue weighted by molar-refractivity contribution is -0.341. The van der Waals surface area contributed by atoms with Gasteiger partial charge in [-0.15, -0.1) is 0 Å². The Morgan fingerprint density at radius 3 is 2.39 bits per heavy atom. The first-order chi connectivity index (χ1) is 18.1. The lowest BCUT2D eigenvalue weighted by Gasteiger charge is -2.43. The third-order valence-corrected chi connectivity index (χ3v) is 6.68. The molecule has 0 spiro atoms. The van der Waals surface area contributed by atoms with E-state index in [-0.39, 0.29) is 36.5 Å². The second kappa shape index (κ2) is 13.2. The maximum atomic E-state index is 12.7. The van der Waals surface area contributed by atoms with Crippen LogP contribution in [0, 0.1) is 11.8 Å². The number of methoxy groups -OCH3 is 1. The fraction of sp³-hybridized carbons (Fsp3) is 0.600. The summed E-state index contributed by atoms with van der Waals surface area (Å²) in [5, 5.41) is 58.8. The highest BCUT2D eigenvalue weighted by Crippen LogP contribution is 2.38. The van der Waals surface area contributed by atoms with Gasteiger partial charge < -0.3 is 54.3 Å². The van der Waals surface area contributed by atoms with Crippen molar-refractivity contribution in [3.63, 3.8) is 0 Å². The average Bonchev–Trinajstić information content (AvgIpc) is 2.90. The van der Waals surface area contributed by atoms with Crippen LogP contribution in [0.5, 0.6) is 11.5 Å². The molecule has 6 N–H and O–H groups in total. The number of aliphatic hydroxyl groups is 4. The van der Waals surface area contributed by atoms with E-state index in [0.717, 1.165) is 6.26 Å². The molecule has 13 heteroatoms. The number of ether oxygens (including phenoxy) is 5. The number of hydrogen-bond acceptors (Lipinski definition) is 13. The second-order valence-electron chi connectivity index (χ2n) is 9.08. The van der Waals surface area contributed by atoms with E-state index >= 15 is 0 Å². The van der Waals surface area contributed by atoms with Crippen molar-refractivity contribution in [2.75, 3.05) is 20.3 Å². The number of aliphatic hydroxyl groups excluding tert-OH is 4. The van der Waals surface area contributed by atoms with Crippen molar-refractivity contribution < 1.29 is 63.9 Å². The lowest BCUT2D eigenvalue weighted by Crippen LogP contribution is -2.60. The Bertz CT molecular complexity index is 993. The Labute approximate surface area is 218 Å². The summed E-state index contributed by atoms with van der Waals surface area (Å²) in [5.74, 6) is -3.28. The summed E-state index contributed by atoms with van der Waals surface area (Å²) in [4.78, 5) is 25.2. The zero-order valence-corrected chi connectivity index (χ0v) is 21.0. The Morgan fingerprint density at radius 1 is 1.03 bits per heavy atom. The zero-order chi connectivity index (χ0) is 28.0. The second-order valence-corrected chi connectivity index (χ2v) is 9.08. The molecule has 1 saturated heterocycles. The van der Waals surface area contributed by atoms with Crippen molar-refractivity contribution in [1.29, 1.82) is 0 Å². The normalized spacial score (nSPS) is 31.2. The Hall–Kier alpha value is -2.94. The number of phenols is 2. The monoisotopic (exact) mass is 542 g/mol. The fourth-order valence-electron chi connectivity index (χ4n) is 4.50. The van der Waals surface area contributed by atoms with Gasteiger partial charge in [0.05, 0.1) is 38.6 Å². The van der Waals surface area contributed by atoms with Gasteiger partial charge in [-0.05, 0) is 24.1 Å². The molecule has 212 valence electrons. The maximum absolute atomic E-state index is 12.7. The highest BCUT2D eigenvalue weighted by Gasteiger charge is 2.48. The van der Waals surface area contributed by atoms with Gasteiger partial charge in [-0.25, -0.2) is 4.79 Å². The molecule has 1 aromatic rings. The van der Waals surface area contributed by atoms with Crippen LogP contribution in [0.25, 0.3) is 0 Å². The molecule has 2 aliphatic heterocycles. The molecule has 8 atom stereocenters. The molecule has 0 bridgehead atoms. The summed E-state index contributed by atoms with van der Waals surface area (Å²) in [6.45, 7) is 1.11. The van der Waals surface area contributed by atoms with E-state index in [1.54, 1.807) is 13.0 Å². The summed E-state index contributed by atoms with van der Waals surface area (Å²) in [6.07, 6.45) is -7.21. The molecule has 1 fully saturated rings. The predicted molar refractivity (Wildman–Crippen MR) is 126 cm³/mol. The predicted octanol–water partition coefficient (Wildman–Crippen LogP) is -0.554. The van der Waals surface area contributed by atoms with Gasteiger partial charge in [0.1, 0.15) is 24.4 Å². The average molecular weight is 543 g/mol. The van der Waals surface area contributed by atoms with Crippen molar-refractivity contribution in [2.45, 2.75) is 63.2 Å². The summed E-state index contributed by atoms with van der Waals surface area (Å²) >= 11 is 0. The first-order valence-corrected chi connectivity index (χ1v) is 12.2. The quantitative estimate of drug-likeness (QED) is 0.162. The van der Waals surface area contributed by atoms with Crippen molar-refractivity contribution in [3.05, 3.63) is 35.6 Å². The minimum atomic E-state index is -1.66. The molecular formula is C25H34O13. The standard InChI is InChI=1S/C25H34O13/c1-3-13-14(9-19(29)35-7-6-12-4-5-16(27)17(28)8-12)15(23(33)34-2)11-36-24(13)38-25-22(32)21(31)20(30)18(10-26)37-25/h4-5,8,11,13-14,18,20-22,24-28,30-32H,3,6-7,9-10H2,1-2H3/t13-,14+,18-,20-,21+,22-,24+,25+/m1/s1. The van der Waals surface area contributed by atoms with Gasteiger partial charge >= 0.3 is 11.9 Å². The molecular weight excluding hydrogens is 508 g/mol. The van der Waals surface area contributed by atoms with E-state index in [2.05, 4.69) is 0 Å². The first-order valence-electron chi connectivity index (χ1n) is 12.2. The van der Waals surface area contributed by atoms with Crippen molar-refractivity contribution in [2.24, 2.45) is 11.8 Å². The molecule has 2 heterocycles. The molecule has 0 aromatic heterocycles. The van der Waals surface area contributed by atoms with Crippen LogP contribution in [0.3, 0.4) is 0 Å². The number of esters is 2. The van der Waals surface area contributed by atoms with E-state index in [0.29, 0.717) is 12.0 Å². The number of aromatic hydroxyl groups is 2. The van der Waals surface area contributed by atoms with Gasteiger partial charge in [0.2, 0.25) is 6.29 Å². The molecule has 0 amide bonds. The zero-order valence-electron chi connectivity index (χ0n) is 21.0. The molecule has 2 aliphatic rings. The highest BCUT2D eigenvalue weighted by molar-refractivity contribution is 5.89. The van der Waals surface area contributed by atoms with E-state index in [1.165, 1.54) is 19.2 Å². The van der Waals surface area contributed by atoms with Gasteiger partial charge in [0, 0.05) is 18.3 Å². The third-order valence-electron chi connectivity index (χ3n) is 6.68. The van der Waals surface area contributed by atoms with Crippen molar-refractivity contribution in [1.82, 2.24) is 0 Å². The minimum Gasteiger partial charge on any atom is -0.504 e. The van der Waals surface area contributed by atoms with Crippen LogP contribution in [-0.4, -0.2) is 99.9 Å². The fourth-order valence-corrected chi connectivity index (χ4v) is 4.50. The third kappa shape index (κ3) is 6.73. The Kier molecular flexibility index (Phi) is 10.3. The van der Waals surface area contributed by atoms with Crippen LogP contribution in [-0.2, 0) is 39.7 Å². The minimum absolute atomic E-state index is 0.0227. The van der Waals surface area contributed by atoms with Gasteiger partial charge in [-0.2, -0.15) is 0 Å². The van der Waals surface area contributed by atoms with Crippen LogP contribution in [0.1, 0.15) is 25.3 Å². The van der Waals surface area contributed by atoms with E-state index in [4.69, 9.17) is 23.7 Å². The Morgan fingerprint density at radius 2 is 1.76 bits per heavy atom. The number of carbonyl (C=O) groups is 2. The van der Waals surface area contributed by atoms with Crippen LogP contribution in [0.2, 0.25) is 0 Å². The van der Waals surface area contributed by atoms with Gasteiger partial charge in [-0.3, -0.25) is 4.79 Å². The SMILES string of the molecule is CC[C@H]1[C@H](O[C@@H]2O[C@H](CO)[C@@H](O)[C@H](O)[C@H]2O)OC=C(C(=O)OC)[C@H]1CC(=O)OCCc1ccc(O)c(O)c1. The molecule has 1 aromatic carbocycles. The topological polar surface area (TPSA) is 202 Å². The van der Waals surface area contributed by atoms with E-state index < -0.39 is 67.4 Å². The van der Waals surface area contributed by atoms with Crippen molar-refractivity contribution >= 4 is 11.9 Å². The van der Waals surface area contributed by atoms with Crippen LogP contribution >= 0.6 is 0 Å². The summed E-state index contributed by atoms with van der Waals surface area (Å²) in [7, 11) is 1.18. The van der Waals surface area contributed by atoms with Gasteiger partial charge in [0.25, 0.3) is 0 Å². The van der Waals surface area contributed by atoms with Crippen LogP contribution < -0.4 is 0 Å². The molecule has 0 radical (unpaired) electrons. The molecule has 3 rings (SSSR count). The largest absolute Gasteiger partial charge is 0.504 e. The Balaban J connectivity index is 1.70. The summed E-state index contributed by atoms with van der Waals surface area (Å²) < 4.78 is 26.9. The number of benzene rings is 1. The molecule has 13 nitrogen and oxygen atoms in total. The van der Waals surface area contributed by atoms with E-state index in [9.17, 15) is 40.2 Å². The first kappa shape index (κ1) is 29.6. The number of hydrogen-bond donors (Lipinski definition) is 6. The molecule has 0 aliphatic carbocycles. The van der Waals surface area contributed by atoms with Gasteiger partial charge in [0.15, 0.2) is 17.8 Å². The summed E-state index contributed by atoms with van der Waals surface area (Å²) in [6, 6.07) is 4.25. The highest BCUT2D eigenvalue weighted by atomic mass is 16.8. The smallest absolute Gasteiger partial charge is 0.337 e. The number of phenolic OH excluding ortho intramolecular Hbond substituents is 2. The maximum Gasteiger partial charge on any atom is 0.337 e. The van der Waals surface area contributed by atoms with Gasteiger partial charge in [-0.1, -0.05) is 13.0 Å². The van der Waals surface area contributed by atoms with Crippen LogP contribution in [0.4, 0.5) is 0 Å². The molecule has 0 saturated carbocycles. The molecule has 0 unspecified atom stereocenters. The lowest BCUT2D eigenvalue weighted by atomic mass is 9.80.